The lowest BCUT2D eigenvalue weighted by atomic mass is 10.1. The second kappa shape index (κ2) is 14.7. The average Bonchev–Trinajstić information content (AvgIpc) is 2.82. The lowest BCUT2D eigenvalue weighted by molar-refractivity contribution is -0.142. The highest BCUT2D eigenvalue weighted by Gasteiger charge is 2.14. The van der Waals surface area contributed by atoms with E-state index in [1.807, 2.05) is 55.4 Å². The Morgan fingerprint density at radius 3 is 2.17 bits per heavy atom. The van der Waals surface area contributed by atoms with E-state index in [2.05, 4.69) is 21.2 Å². The van der Waals surface area contributed by atoms with E-state index >= 15 is 0 Å². The molecule has 7 nitrogen and oxygen atoms in total. The summed E-state index contributed by atoms with van der Waals surface area (Å²) in [6.07, 6.45) is 0. The maximum absolute atomic E-state index is 12.0. The van der Waals surface area contributed by atoms with Crippen LogP contribution < -0.4 is 11.1 Å². The molecular weight excluding hydrogens is 569 g/mol. The fourth-order valence-corrected chi connectivity index (χ4v) is 3.94. The first-order chi connectivity index (χ1) is 17.1. The Morgan fingerprint density at radius 2 is 1.58 bits per heavy atom. The van der Waals surface area contributed by atoms with Crippen molar-refractivity contribution >= 4 is 68.1 Å². The molecule has 0 radical (unpaired) electrons. The van der Waals surface area contributed by atoms with Gasteiger partial charge >= 0.3 is 11.9 Å². The number of nitrogens with two attached hydrogens (primary N) is 1. The van der Waals surface area contributed by atoms with E-state index < -0.39 is 11.9 Å². The summed E-state index contributed by atoms with van der Waals surface area (Å²) in [5.74, 6) is -0.891. The number of rotatable bonds is 8. The zero-order valence-electron chi connectivity index (χ0n) is 20.2. The van der Waals surface area contributed by atoms with Gasteiger partial charge in [-0.05, 0) is 72.0 Å². The van der Waals surface area contributed by atoms with Crippen molar-refractivity contribution in [2.24, 2.45) is 0 Å². The van der Waals surface area contributed by atoms with Gasteiger partial charge in [0.2, 0.25) is 0 Å². The summed E-state index contributed by atoms with van der Waals surface area (Å²) < 4.78 is 10.4. The number of halogens is 3. The van der Waals surface area contributed by atoms with E-state index in [1.54, 1.807) is 24.3 Å². The van der Waals surface area contributed by atoms with Gasteiger partial charge in [0, 0.05) is 23.6 Å². The van der Waals surface area contributed by atoms with Crippen molar-refractivity contribution in [3.63, 3.8) is 0 Å². The van der Waals surface area contributed by atoms with Crippen LogP contribution in [0, 0.1) is 0 Å². The molecule has 0 amide bonds. The Kier molecular flexibility index (Phi) is 12.0. The van der Waals surface area contributed by atoms with Gasteiger partial charge in [-0.15, -0.1) is 0 Å². The number of carbonyl (C=O) groups is 2. The number of para-hydroxylation sites is 2. The Hall–Kier alpha value is -2.78. The van der Waals surface area contributed by atoms with Crippen molar-refractivity contribution in [1.82, 2.24) is 4.90 Å². The predicted octanol–water partition coefficient (Wildman–Crippen LogP) is 6.55. The van der Waals surface area contributed by atoms with E-state index in [0.717, 1.165) is 16.9 Å². The molecule has 0 atom stereocenters. The minimum atomic E-state index is -0.483. The topological polar surface area (TPSA) is 93.9 Å². The molecule has 0 saturated heterocycles. The van der Waals surface area contributed by atoms with Crippen molar-refractivity contribution in [1.29, 1.82) is 0 Å². The standard InChI is InChI=1S/C14H19BrN2O4.C12H9Cl2N/c1-9(18)20-4-5-21-14(19)10-6-11(8-17(2)3)13(16)12(15)7-10;13-10-7-4-8-11(14)12(10)15-9-5-2-1-3-6-9/h6-7H,4-5,8,16H2,1-3H3;1-8,15H. The minimum Gasteiger partial charge on any atom is -0.462 e. The molecule has 3 N–H and O–H groups in total. The second-order valence-electron chi connectivity index (χ2n) is 7.83. The predicted molar refractivity (Wildman–Crippen MR) is 149 cm³/mol. The molecule has 0 saturated carbocycles. The molecule has 0 aromatic heterocycles. The van der Waals surface area contributed by atoms with Crippen LogP contribution in [-0.4, -0.2) is 44.1 Å². The SMILES string of the molecule is CC(=O)OCCOC(=O)c1cc(Br)c(N)c(CN(C)C)c1.Clc1cccc(Cl)c1Nc1ccccc1. The summed E-state index contributed by atoms with van der Waals surface area (Å²) in [4.78, 5) is 24.5. The Morgan fingerprint density at radius 1 is 0.972 bits per heavy atom. The van der Waals surface area contributed by atoms with E-state index in [9.17, 15) is 9.59 Å². The van der Waals surface area contributed by atoms with Crippen molar-refractivity contribution < 1.29 is 19.1 Å². The van der Waals surface area contributed by atoms with Gasteiger partial charge in [0.1, 0.15) is 13.2 Å². The second-order valence-corrected chi connectivity index (χ2v) is 9.50. The highest BCUT2D eigenvalue weighted by Crippen LogP contribution is 2.32. The van der Waals surface area contributed by atoms with Crippen molar-refractivity contribution in [2.75, 3.05) is 38.4 Å². The molecule has 36 heavy (non-hydrogen) atoms. The molecule has 3 rings (SSSR count). The van der Waals surface area contributed by atoms with Crippen LogP contribution >= 0.6 is 39.1 Å². The van der Waals surface area contributed by atoms with Gasteiger partial charge in [0.05, 0.1) is 27.0 Å². The van der Waals surface area contributed by atoms with Crippen LogP contribution in [0.5, 0.6) is 0 Å². The van der Waals surface area contributed by atoms with Crippen LogP contribution in [0.25, 0.3) is 0 Å². The first-order valence-corrected chi connectivity index (χ1v) is 12.4. The Bertz CT molecular complexity index is 1160. The van der Waals surface area contributed by atoms with Crippen LogP contribution in [0.4, 0.5) is 17.1 Å². The van der Waals surface area contributed by atoms with Crippen LogP contribution in [0.3, 0.4) is 0 Å². The lowest BCUT2D eigenvalue weighted by Crippen LogP contribution is -2.15. The number of ether oxygens (including phenoxy) is 2. The van der Waals surface area contributed by atoms with E-state index in [-0.39, 0.29) is 13.2 Å². The van der Waals surface area contributed by atoms with Gasteiger partial charge in [0.15, 0.2) is 0 Å². The summed E-state index contributed by atoms with van der Waals surface area (Å²) in [5, 5.41) is 4.41. The molecule has 0 spiro atoms. The molecule has 192 valence electrons. The Balaban J connectivity index is 0.000000267. The zero-order valence-corrected chi connectivity index (χ0v) is 23.3. The maximum Gasteiger partial charge on any atom is 0.338 e. The third-order valence-corrected chi connectivity index (χ3v) is 5.85. The highest BCUT2D eigenvalue weighted by molar-refractivity contribution is 9.10. The van der Waals surface area contributed by atoms with E-state index in [4.69, 9.17) is 38.4 Å². The number of hydrogen-bond donors (Lipinski definition) is 2. The molecule has 0 aliphatic carbocycles. The third-order valence-electron chi connectivity index (χ3n) is 4.57. The molecule has 3 aromatic rings. The van der Waals surface area contributed by atoms with Gasteiger partial charge in [0.25, 0.3) is 0 Å². The van der Waals surface area contributed by atoms with Gasteiger partial charge in [-0.3, -0.25) is 4.79 Å². The van der Waals surface area contributed by atoms with E-state index in [1.165, 1.54) is 6.92 Å². The van der Waals surface area contributed by atoms with Crippen LogP contribution in [0.1, 0.15) is 22.8 Å². The molecule has 0 unspecified atom stereocenters. The fraction of sp³-hybridized carbons (Fsp3) is 0.231. The van der Waals surface area contributed by atoms with E-state index in [0.29, 0.717) is 32.3 Å². The van der Waals surface area contributed by atoms with Crippen LogP contribution in [0.2, 0.25) is 10.0 Å². The minimum absolute atomic E-state index is 0.0173. The number of esters is 2. The lowest BCUT2D eigenvalue weighted by Gasteiger charge is -2.14. The quantitative estimate of drug-likeness (QED) is 0.173. The number of benzene rings is 3. The monoisotopic (exact) mass is 595 g/mol. The first kappa shape index (κ1) is 29.5. The molecule has 10 heteroatoms. The van der Waals surface area contributed by atoms with Crippen molar-refractivity contribution in [3.05, 3.63) is 86.3 Å². The fourth-order valence-electron chi connectivity index (χ4n) is 2.95. The highest BCUT2D eigenvalue weighted by atomic mass is 79.9. The molecule has 0 fully saturated rings. The van der Waals surface area contributed by atoms with Gasteiger partial charge < -0.3 is 25.4 Å². The summed E-state index contributed by atoms with van der Waals surface area (Å²) in [6, 6.07) is 18.5. The molecular formula is C26H28BrCl2N3O4. The number of nitrogens with one attached hydrogen (secondary N) is 1. The summed E-state index contributed by atoms with van der Waals surface area (Å²) in [7, 11) is 3.83. The van der Waals surface area contributed by atoms with Crippen LogP contribution in [0.15, 0.2) is 65.1 Å². The molecule has 0 aliphatic heterocycles. The third kappa shape index (κ3) is 9.70. The maximum atomic E-state index is 12.0. The average molecular weight is 597 g/mol. The Labute approximate surface area is 229 Å². The molecule has 0 aliphatic rings. The molecule has 0 heterocycles. The summed E-state index contributed by atoms with van der Waals surface area (Å²) in [5.41, 5.74) is 9.51. The largest absolute Gasteiger partial charge is 0.462 e. The number of hydrogen-bond acceptors (Lipinski definition) is 7. The molecule has 0 bridgehead atoms. The van der Waals surface area contributed by atoms with Gasteiger partial charge in [-0.2, -0.15) is 0 Å². The van der Waals surface area contributed by atoms with Crippen molar-refractivity contribution in [2.45, 2.75) is 13.5 Å². The zero-order chi connectivity index (χ0) is 26.7. The number of nitrogens with zero attached hydrogens (tertiary/aromatic N) is 1. The smallest absolute Gasteiger partial charge is 0.338 e. The van der Waals surface area contributed by atoms with Gasteiger partial charge in [-0.1, -0.05) is 47.5 Å². The molecule has 3 aromatic carbocycles. The number of anilines is 3. The first-order valence-electron chi connectivity index (χ1n) is 10.9. The van der Waals surface area contributed by atoms with Crippen LogP contribution in [-0.2, 0) is 20.8 Å². The van der Waals surface area contributed by atoms with Crippen molar-refractivity contribution in [3.8, 4) is 0 Å². The summed E-state index contributed by atoms with van der Waals surface area (Å²) in [6.45, 7) is 1.97. The number of carbonyl (C=O) groups excluding carboxylic acids is 2. The number of nitrogen functional groups attached to an aromatic ring is 1. The normalized spacial score (nSPS) is 10.3. The summed E-state index contributed by atoms with van der Waals surface area (Å²) >= 11 is 15.4. The van der Waals surface area contributed by atoms with Gasteiger partial charge in [-0.25, -0.2) is 4.79 Å².